The van der Waals surface area contributed by atoms with Crippen molar-refractivity contribution in [2.45, 2.75) is 19.5 Å². The molecule has 1 unspecified atom stereocenters. The Morgan fingerprint density at radius 1 is 1.50 bits per heavy atom. The molecule has 0 spiro atoms. The first-order valence-electron chi connectivity index (χ1n) is 6.34. The van der Waals surface area contributed by atoms with Crippen LogP contribution in [0.2, 0.25) is 5.02 Å². The fourth-order valence-electron chi connectivity index (χ4n) is 2.25. The second kappa shape index (κ2) is 6.24. The van der Waals surface area contributed by atoms with Crippen LogP contribution >= 0.6 is 11.6 Å². The predicted octanol–water partition coefficient (Wildman–Crippen LogP) is 3.01. The molecule has 2 aromatic rings. The van der Waals surface area contributed by atoms with E-state index in [1.165, 1.54) is 12.1 Å². The smallest absolute Gasteiger partial charge is 0.161 e. The van der Waals surface area contributed by atoms with Crippen molar-refractivity contribution in [2.75, 3.05) is 14.2 Å². The summed E-state index contributed by atoms with van der Waals surface area (Å²) in [4.78, 5) is 0. The van der Waals surface area contributed by atoms with Gasteiger partial charge in [-0.3, -0.25) is 4.68 Å². The lowest BCUT2D eigenvalue weighted by Gasteiger charge is -2.20. The van der Waals surface area contributed by atoms with Gasteiger partial charge in [-0.15, -0.1) is 0 Å². The highest BCUT2D eigenvalue weighted by molar-refractivity contribution is 6.31. The van der Waals surface area contributed by atoms with Crippen LogP contribution in [0, 0.1) is 5.82 Å². The average molecular weight is 298 g/mol. The van der Waals surface area contributed by atoms with Gasteiger partial charge in [0.05, 0.1) is 19.3 Å². The van der Waals surface area contributed by atoms with Crippen LogP contribution in [0.25, 0.3) is 0 Å². The maximum Gasteiger partial charge on any atom is 0.161 e. The van der Waals surface area contributed by atoms with E-state index in [2.05, 4.69) is 10.4 Å². The van der Waals surface area contributed by atoms with E-state index < -0.39 is 0 Å². The summed E-state index contributed by atoms with van der Waals surface area (Å²) in [6.07, 6.45) is 1.67. The fraction of sp³-hybridized carbons (Fsp3) is 0.357. The molecule has 108 valence electrons. The van der Waals surface area contributed by atoms with Gasteiger partial charge in [0.2, 0.25) is 0 Å². The van der Waals surface area contributed by atoms with Crippen molar-refractivity contribution >= 4 is 11.6 Å². The molecule has 0 radical (unpaired) electrons. The standard InChI is InChI=1S/C14H17ClFN3O/c1-4-19-14(12(20-3)8-18-19)13(17-2)10-6-5-9(16)7-11(10)15/h5-8,13,17H,4H2,1-3H3. The lowest BCUT2D eigenvalue weighted by Crippen LogP contribution is -2.22. The number of ether oxygens (including phenoxy) is 1. The van der Waals surface area contributed by atoms with Gasteiger partial charge in [-0.05, 0) is 31.7 Å². The van der Waals surface area contributed by atoms with E-state index in [-0.39, 0.29) is 11.9 Å². The van der Waals surface area contributed by atoms with Crippen molar-refractivity contribution in [3.05, 3.63) is 46.5 Å². The molecule has 0 bridgehead atoms. The number of halogens is 2. The van der Waals surface area contributed by atoms with Crippen molar-refractivity contribution < 1.29 is 9.13 Å². The largest absolute Gasteiger partial charge is 0.493 e. The van der Waals surface area contributed by atoms with E-state index >= 15 is 0 Å². The molecule has 0 aliphatic rings. The third-order valence-corrected chi connectivity index (χ3v) is 3.53. The molecular weight excluding hydrogens is 281 g/mol. The summed E-state index contributed by atoms with van der Waals surface area (Å²) >= 11 is 6.16. The van der Waals surface area contributed by atoms with E-state index in [0.717, 1.165) is 11.3 Å². The zero-order valence-corrected chi connectivity index (χ0v) is 12.4. The molecule has 0 saturated heterocycles. The molecule has 20 heavy (non-hydrogen) atoms. The quantitative estimate of drug-likeness (QED) is 0.922. The molecule has 0 aliphatic heterocycles. The molecule has 0 amide bonds. The summed E-state index contributed by atoms with van der Waals surface area (Å²) in [5.41, 5.74) is 1.65. The van der Waals surface area contributed by atoms with Gasteiger partial charge in [0.15, 0.2) is 5.75 Å². The number of rotatable bonds is 5. The van der Waals surface area contributed by atoms with Gasteiger partial charge >= 0.3 is 0 Å². The number of nitrogens with zero attached hydrogens (tertiary/aromatic N) is 2. The van der Waals surface area contributed by atoms with E-state index in [4.69, 9.17) is 16.3 Å². The Hall–Kier alpha value is -1.59. The molecule has 2 rings (SSSR count). The van der Waals surface area contributed by atoms with Gasteiger partial charge in [-0.25, -0.2) is 4.39 Å². The van der Waals surface area contributed by atoms with Gasteiger partial charge < -0.3 is 10.1 Å². The van der Waals surface area contributed by atoms with Gasteiger partial charge in [-0.2, -0.15) is 5.10 Å². The summed E-state index contributed by atoms with van der Waals surface area (Å²) in [5, 5.41) is 7.83. The zero-order valence-electron chi connectivity index (χ0n) is 11.7. The predicted molar refractivity (Wildman–Crippen MR) is 76.8 cm³/mol. The average Bonchev–Trinajstić information content (AvgIpc) is 2.85. The van der Waals surface area contributed by atoms with Crippen LogP contribution < -0.4 is 10.1 Å². The SMILES string of the molecule is CCn1ncc(OC)c1C(NC)c1ccc(F)cc1Cl. The molecule has 1 aromatic carbocycles. The Balaban J connectivity index is 2.54. The Morgan fingerprint density at radius 3 is 2.80 bits per heavy atom. The third kappa shape index (κ3) is 2.64. The first-order valence-corrected chi connectivity index (χ1v) is 6.72. The molecule has 4 nitrogen and oxygen atoms in total. The van der Waals surface area contributed by atoms with Crippen LogP contribution in [0.1, 0.15) is 24.2 Å². The number of aromatic nitrogens is 2. The van der Waals surface area contributed by atoms with Crippen LogP contribution in [0.15, 0.2) is 24.4 Å². The minimum Gasteiger partial charge on any atom is -0.493 e. The monoisotopic (exact) mass is 297 g/mol. The number of methoxy groups -OCH3 is 1. The van der Waals surface area contributed by atoms with Crippen LogP contribution in [0.4, 0.5) is 4.39 Å². The molecule has 6 heteroatoms. The van der Waals surface area contributed by atoms with E-state index in [0.29, 0.717) is 17.3 Å². The van der Waals surface area contributed by atoms with Gasteiger partial charge in [0, 0.05) is 11.6 Å². The van der Waals surface area contributed by atoms with E-state index in [9.17, 15) is 4.39 Å². The molecule has 0 aliphatic carbocycles. The summed E-state index contributed by atoms with van der Waals surface area (Å²) in [5.74, 6) is 0.316. The maximum absolute atomic E-state index is 13.2. The second-order valence-corrected chi connectivity index (χ2v) is 4.71. The number of benzene rings is 1. The number of aryl methyl sites for hydroxylation is 1. The first-order chi connectivity index (χ1) is 9.62. The molecule has 1 aromatic heterocycles. The first kappa shape index (κ1) is 14.8. The third-order valence-electron chi connectivity index (χ3n) is 3.20. The van der Waals surface area contributed by atoms with Crippen LogP contribution in [0.5, 0.6) is 5.75 Å². The highest BCUT2D eigenvalue weighted by atomic mass is 35.5. The van der Waals surface area contributed by atoms with Crippen LogP contribution in [-0.4, -0.2) is 23.9 Å². The lowest BCUT2D eigenvalue weighted by molar-refractivity contribution is 0.401. The summed E-state index contributed by atoms with van der Waals surface area (Å²) in [6, 6.07) is 4.15. The number of nitrogens with one attached hydrogen (secondary N) is 1. The van der Waals surface area contributed by atoms with E-state index in [1.54, 1.807) is 19.4 Å². The van der Waals surface area contributed by atoms with Gasteiger partial charge in [0.1, 0.15) is 11.5 Å². The molecule has 1 N–H and O–H groups in total. The molecule has 1 heterocycles. The number of hydrogen-bond acceptors (Lipinski definition) is 3. The van der Waals surface area contributed by atoms with Crippen molar-refractivity contribution in [1.29, 1.82) is 0 Å². The Bertz CT molecular complexity index is 579. The summed E-state index contributed by atoms with van der Waals surface area (Å²) in [6.45, 7) is 2.70. The molecule has 1 atom stereocenters. The fourth-order valence-corrected chi connectivity index (χ4v) is 2.53. The summed E-state index contributed by atoms with van der Waals surface area (Å²) in [7, 11) is 3.41. The molecular formula is C14H17ClFN3O. The maximum atomic E-state index is 13.2. The molecule has 0 fully saturated rings. The highest BCUT2D eigenvalue weighted by Gasteiger charge is 2.23. The second-order valence-electron chi connectivity index (χ2n) is 4.30. The van der Waals surface area contributed by atoms with Crippen molar-refractivity contribution in [3.63, 3.8) is 0 Å². The van der Waals surface area contributed by atoms with Gasteiger partial charge in [-0.1, -0.05) is 17.7 Å². The molecule has 0 saturated carbocycles. The van der Waals surface area contributed by atoms with Crippen LogP contribution in [-0.2, 0) is 6.54 Å². The topological polar surface area (TPSA) is 39.1 Å². The highest BCUT2D eigenvalue weighted by Crippen LogP contribution is 2.33. The normalized spacial score (nSPS) is 12.4. The zero-order chi connectivity index (χ0) is 14.7. The Kier molecular flexibility index (Phi) is 4.62. The number of hydrogen-bond donors (Lipinski definition) is 1. The van der Waals surface area contributed by atoms with Crippen molar-refractivity contribution in [3.8, 4) is 5.75 Å². The van der Waals surface area contributed by atoms with E-state index in [1.807, 2.05) is 18.7 Å². The lowest BCUT2D eigenvalue weighted by atomic mass is 10.0. The van der Waals surface area contributed by atoms with Crippen LogP contribution in [0.3, 0.4) is 0 Å². The minimum atomic E-state index is -0.357. The van der Waals surface area contributed by atoms with Crippen molar-refractivity contribution in [2.24, 2.45) is 0 Å². The van der Waals surface area contributed by atoms with Crippen molar-refractivity contribution in [1.82, 2.24) is 15.1 Å². The summed E-state index contributed by atoms with van der Waals surface area (Å²) < 4.78 is 20.4. The minimum absolute atomic E-state index is 0.222. The van der Waals surface area contributed by atoms with Gasteiger partial charge in [0.25, 0.3) is 0 Å². The Labute approximate surface area is 122 Å². The Morgan fingerprint density at radius 2 is 2.25 bits per heavy atom.